The molecule has 2 aromatic carbocycles. The van der Waals surface area contributed by atoms with Crippen LogP contribution < -0.4 is 10.5 Å². The van der Waals surface area contributed by atoms with E-state index in [-0.39, 0.29) is 22.1 Å². The highest BCUT2D eigenvalue weighted by atomic mass is 35.5. The molecule has 0 aromatic heterocycles. The van der Waals surface area contributed by atoms with Gasteiger partial charge in [-0.05, 0) is 31.2 Å². The Morgan fingerprint density at radius 1 is 1.11 bits per heavy atom. The Hall–Kier alpha value is -1.65. The molecule has 2 nitrogen and oxygen atoms in total. The third kappa shape index (κ3) is 2.85. The summed E-state index contributed by atoms with van der Waals surface area (Å²) in [5.41, 5.74) is 5.89. The fourth-order valence-electron chi connectivity index (χ4n) is 1.73. The molecule has 0 fully saturated rings. The molecule has 5 heteroatoms. The molecule has 0 aliphatic carbocycles. The van der Waals surface area contributed by atoms with E-state index in [9.17, 15) is 8.78 Å². The van der Waals surface area contributed by atoms with E-state index >= 15 is 0 Å². The van der Waals surface area contributed by atoms with Gasteiger partial charge >= 0.3 is 0 Å². The summed E-state index contributed by atoms with van der Waals surface area (Å²) in [6, 6.07) is 8.07. The second-order valence-electron chi connectivity index (χ2n) is 4.09. The number of nitrogens with two attached hydrogens (primary N) is 1. The molecule has 1 atom stereocenters. The number of hydrogen-bond donors (Lipinski definition) is 1. The molecular weight excluding hydrogens is 272 g/mol. The summed E-state index contributed by atoms with van der Waals surface area (Å²) in [7, 11) is 0. The zero-order valence-electron chi connectivity index (χ0n) is 10.2. The van der Waals surface area contributed by atoms with Crippen LogP contribution in [0.2, 0.25) is 5.02 Å². The Balaban J connectivity index is 2.44. The van der Waals surface area contributed by atoms with E-state index in [4.69, 9.17) is 22.1 Å². The highest BCUT2D eigenvalue weighted by Gasteiger charge is 2.16. The van der Waals surface area contributed by atoms with Gasteiger partial charge in [0.15, 0.2) is 11.6 Å². The van der Waals surface area contributed by atoms with E-state index in [1.807, 2.05) is 0 Å². The van der Waals surface area contributed by atoms with Crippen LogP contribution in [0.3, 0.4) is 0 Å². The topological polar surface area (TPSA) is 35.2 Å². The molecule has 2 N–H and O–H groups in total. The normalized spacial score (nSPS) is 12.3. The number of rotatable bonds is 3. The summed E-state index contributed by atoms with van der Waals surface area (Å²) in [6.07, 6.45) is 0. The lowest BCUT2D eigenvalue weighted by Crippen LogP contribution is -2.09. The molecule has 0 amide bonds. The number of hydrogen-bond acceptors (Lipinski definition) is 2. The lowest BCUT2D eigenvalue weighted by Gasteiger charge is -2.15. The van der Waals surface area contributed by atoms with Crippen LogP contribution in [0.25, 0.3) is 0 Å². The summed E-state index contributed by atoms with van der Waals surface area (Å²) in [5, 5.41) is -0.0590. The van der Waals surface area contributed by atoms with Gasteiger partial charge in [0.25, 0.3) is 0 Å². The van der Waals surface area contributed by atoms with Crippen LogP contribution in [-0.4, -0.2) is 0 Å². The molecule has 0 spiro atoms. The number of halogens is 3. The first-order valence-corrected chi connectivity index (χ1v) is 6.04. The Labute approximate surface area is 114 Å². The minimum Gasteiger partial charge on any atom is -0.454 e. The Morgan fingerprint density at radius 3 is 2.42 bits per heavy atom. The van der Waals surface area contributed by atoms with Gasteiger partial charge < -0.3 is 10.5 Å². The van der Waals surface area contributed by atoms with Gasteiger partial charge in [-0.3, -0.25) is 0 Å². The van der Waals surface area contributed by atoms with Gasteiger partial charge in [0.1, 0.15) is 11.6 Å². The summed E-state index contributed by atoms with van der Waals surface area (Å²) >= 11 is 5.66. The van der Waals surface area contributed by atoms with E-state index in [0.717, 1.165) is 0 Å². The largest absolute Gasteiger partial charge is 0.454 e. The lowest BCUT2D eigenvalue weighted by atomic mass is 10.1. The van der Waals surface area contributed by atoms with Gasteiger partial charge in [0, 0.05) is 11.6 Å². The zero-order chi connectivity index (χ0) is 14.0. The maximum Gasteiger partial charge on any atom is 0.184 e. The fourth-order valence-corrected chi connectivity index (χ4v) is 1.90. The van der Waals surface area contributed by atoms with Crippen molar-refractivity contribution >= 4 is 11.6 Å². The fraction of sp³-hybridized carbons (Fsp3) is 0.143. The smallest absolute Gasteiger partial charge is 0.184 e. The Bertz CT molecular complexity index is 602. The molecular formula is C14H12ClF2NO. The molecule has 0 radical (unpaired) electrons. The zero-order valence-corrected chi connectivity index (χ0v) is 10.9. The molecule has 100 valence electrons. The molecule has 2 aromatic rings. The average Bonchev–Trinajstić information content (AvgIpc) is 2.34. The van der Waals surface area contributed by atoms with Gasteiger partial charge in [-0.25, -0.2) is 8.78 Å². The molecule has 0 heterocycles. The summed E-state index contributed by atoms with van der Waals surface area (Å²) in [6.45, 7) is 1.62. The maximum absolute atomic E-state index is 13.7. The summed E-state index contributed by atoms with van der Waals surface area (Å²) in [5.74, 6) is -1.07. The molecule has 0 unspecified atom stereocenters. The highest BCUT2D eigenvalue weighted by molar-refractivity contribution is 6.30. The van der Waals surface area contributed by atoms with Crippen molar-refractivity contribution < 1.29 is 13.5 Å². The molecule has 19 heavy (non-hydrogen) atoms. The van der Waals surface area contributed by atoms with Crippen LogP contribution in [0.4, 0.5) is 8.78 Å². The maximum atomic E-state index is 13.7. The molecule has 0 bridgehead atoms. The monoisotopic (exact) mass is 283 g/mol. The van der Waals surface area contributed by atoms with Crippen molar-refractivity contribution in [3.8, 4) is 11.5 Å². The van der Waals surface area contributed by atoms with Crippen LogP contribution in [-0.2, 0) is 0 Å². The van der Waals surface area contributed by atoms with Crippen molar-refractivity contribution in [1.29, 1.82) is 0 Å². The molecule has 2 rings (SSSR count). The standard InChI is InChI=1S/C14H12ClF2NO/c1-8(18)13-10(16)5-3-6-11(13)19-12-7-2-4-9(15)14(12)17/h2-8H,18H2,1H3/t8-/m0/s1. The second kappa shape index (κ2) is 5.55. The SMILES string of the molecule is C[C@H](N)c1c(F)cccc1Oc1cccc(Cl)c1F. The van der Waals surface area contributed by atoms with Crippen molar-refractivity contribution in [3.05, 3.63) is 58.6 Å². The summed E-state index contributed by atoms with van der Waals surface area (Å²) < 4.78 is 32.8. The second-order valence-corrected chi connectivity index (χ2v) is 4.50. The van der Waals surface area contributed by atoms with E-state index in [1.165, 1.54) is 30.3 Å². The van der Waals surface area contributed by atoms with Crippen molar-refractivity contribution in [2.75, 3.05) is 0 Å². The Morgan fingerprint density at radius 2 is 1.74 bits per heavy atom. The first-order chi connectivity index (χ1) is 9.00. The lowest BCUT2D eigenvalue weighted by molar-refractivity contribution is 0.428. The molecule has 0 saturated carbocycles. The first kappa shape index (κ1) is 13.8. The highest BCUT2D eigenvalue weighted by Crippen LogP contribution is 2.33. The van der Waals surface area contributed by atoms with Gasteiger partial charge in [0.05, 0.1) is 5.02 Å². The van der Waals surface area contributed by atoms with Crippen molar-refractivity contribution in [2.24, 2.45) is 5.73 Å². The van der Waals surface area contributed by atoms with Crippen LogP contribution in [0, 0.1) is 11.6 Å². The Kier molecular flexibility index (Phi) is 4.02. The molecule has 0 aliphatic heterocycles. The van der Waals surface area contributed by atoms with Crippen LogP contribution >= 0.6 is 11.6 Å². The van der Waals surface area contributed by atoms with Gasteiger partial charge in [-0.1, -0.05) is 23.7 Å². The van der Waals surface area contributed by atoms with Crippen molar-refractivity contribution in [1.82, 2.24) is 0 Å². The van der Waals surface area contributed by atoms with E-state index in [0.29, 0.717) is 0 Å². The predicted octanol–water partition coefficient (Wildman–Crippen LogP) is 4.43. The number of benzene rings is 2. The van der Waals surface area contributed by atoms with E-state index in [1.54, 1.807) is 13.0 Å². The molecule has 0 saturated heterocycles. The van der Waals surface area contributed by atoms with Crippen LogP contribution in [0.1, 0.15) is 18.5 Å². The van der Waals surface area contributed by atoms with Gasteiger partial charge in [0.2, 0.25) is 0 Å². The van der Waals surface area contributed by atoms with Gasteiger partial charge in [-0.2, -0.15) is 0 Å². The predicted molar refractivity (Wildman–Crippen MR) is 70.5 cm³/mol. The minimum absolute atomic E-state index is 0.0590. The van der Waals surface area contributed by atoms with Gasteiger partial charge in [-0.15, -0.1) is 0 Å². The minimum atomic E-state index is -0.691. The van der Waals surface area contributed by atoms with E-state index in [2.05, 4.69) is 0 Å². The number of ether oxygens (including phenoxy) is 1. The summed E-state index contributed by atoms with van der Waals surface area (Å²) in [4.78, 5) is 0. The first-order valence-electron chi connectivity index (χ1n) is 5.66. The van der Waals surface area contributed by atoms with Crippen molar-refractivity contribution in [3.63, 3.8) is 0 Å². The quantitative estimate of drug-likeness (QED) is 0.904. The van der Waals surface area contributed by atoms with E-state index < -0.39 is 17.7 Å². The average molecular weight is 284 g/mol. The van der Waals surface area contributed by atoms with Crippen LogP contribution in [0.5, 0.6) is 11.5 Å². The third-order valence-corrected chi connectivity index (χ3v) is 2.90. The van der Waals surface area contributed by atoms with Crippen LogP contribution in [0.15, 0.2) is 36.4 Å². The molecule has 0 aliphatic rings. The third-order valence-electron chi connectivity index (χ3n) is 2.60. The van der Waals surface area contributed by atoms with Crippen molar-refractivity contribution in [2.45, 2.75) is 13.0 Å².